The van der Waals surface area contributed by atoms with Crippen molar-refractivity contribution in [2.45, 2.75) is 57.6 Å². The smallest absolute Gasteiger partial charge is 0.220 e. The van der Waals surface area contributed by atoms with Crippen LogP contribution < -0.4 is 10.6 Å². The summed E-state index contributed by atoms with van der Waals surface area (Å²) in [4.78, 5) is 22.0. The summed E-state index contributed by atoms with van der Waals surface area (Å²) in [5.41, 5.74) is 0. The van der Waals surface area contributed by atoms with Crippen LogP contribution in [0.1, 0.15) is 45.4 Å². The Kier molecular flexibility index (Phi) is 5.97. The summed E-state index contributed by atoms with van der Waals surface area (Å²) in [5.74, 6) is 0.0627. The second kappa shape index (κ2) is 7.27. The first-order valence-electron chi connectivity index (χ1n) is 6.30. The zero-order valence-electron chi connectivity index (χ0n) is 10.4. The van der Waals surface area contributed by atoms with Gasteiger partial charge in [-0.2, -0.15) is 0 Å². The van der Waals surface area contributed by atoms with Crippen LogP contribution >= 0.6 is 0 Å². The van der Waals surface area contributed by atoms with Crippen LogP contribution in [0, 0.1) is 0 Å². The average molecular weight is 242 g/mol. The van der Waals surface area contributed by atoms with Gasteiger partial charge in [0.2, 0.25) is 11.8 Å². The predicted octanol–water partition coefficient (Wildman–Crippen LogP) is 0.322. The van der Waals surface area contributed by atoms with Crippen LogP contribution in [0.15, 0.2) is 0 Å². The third-order valence-corrected chi connectivity index (χ3v) is 2.93. The highest BCUT2D eigenvalue weighted by Crippen LogP contribution is 2.19. The molecule has 0 aromatic heterocycles. The van der Waals surface area contributed by atoms with E-state index in [4.69, 9.17) is 5.11 Å². The summed E-state index contributed by atoms with van der Waals surface area (Å²) in [6.07, 6.45) is 4.39. The third-order valence-electron chi connectivity index (χ3n) is 2.93. The molecule has 0 bridgehead atoms. The quantitative estimate of drug-likeness (QED) is 0.563. The summed E-state index contributed by atoms with van der Waals surface area (Å²) in [7, 11) is 0. The molecule has 1 aliphatic carbocycles. The maximum absolute atomic E-state index is 11.4. The summed E-state index contributed by atoms with van der Waals surface area (Å²) in [6, 6.07) is 0.178. The molecule has 0 aromatic carbocycles. The van der Waals surface area contributed by atoms with E-state index in [2.05, 4.69) is 10.6 Å². The van der Waals surface area contributed by atoms with Crippen LogP contribution in [0.4, 0.5) is 0 Å². The van der Waals surface area contributed by atoms with Crippen LogP contribution in [0.5, 0.6) is 0 Å². The molecular weight excluding hydrogens is 220 g/mol. The number of carbonyl (C=O) groups is 2. The lowest BCUT2D eigenvalue weighted by atomic mass is 9.89. The summed E-state index contributed by atoms with van der Waals surface area (Å²) >= 11 is 0. The van der Waals surface area contributed by atoms with E-state index in [-0.39, 0.29) is 24.0 Å². The standard InChI is InChI=1S/C12H22N2O3/c1-9(15)13-6-4-2-3-5-12(17)14-10-7-11(16)8-10/h10-11,16H,2-8H2,1H3,(H,13,15)(H,14,17). The second-order valence-corrected chi connectivity index (χ2v) is 4.68. The van der Waals surface area contributed by atoms with Gasteiger partial charge in [-0.05, 0) is 25.7 Å². The predicted molar refractivity (Wildman–Crippen MR) is 64.3 cm³/mol. The van der Waals surface area contributed by atoms with Crippen molar-refractivity contribution in [3.63, 3.8) is 0 Å². The molecule has 1 saturated carbocycles. The van der Waals surface area contributed by atoms with Crippen LogP contribution in [-0.4, -0.2) is 35.6 Å². The van der Waals surface area contributed by atoms with E-state index < -0.39 is 0 Å². The Bertz CT molecular complexity index is 262. The number of nitrogens with one attached hydrogen (secondary N) is 2. The van der Waals surface area contributed by atoms with E-state index in [1.54, 1.807) is 0 Å². The molecule has 2 amide bonds. The second-order valence-electron chi connectivity index (χ2n) is 4.68. The number of carbonyl (C=O) groups excluding carboxylic acids is 2. The molecule has 0 aromatic rings. The van der Waals surface area contributed by atoms with Crippen LogP contribution in [0.2, 0.25) is 0 Å². The van der Waals surface area contributed by atoms with Crippen molar-refractivity contribution in [1.82, 2.24) is 10.6 Å². The van der Waals surface area contributed by atoms with E-state index in [1.807, 2.05) is 0 Å². The first-order chi connectivity index (χ1) is 8.08. The van der Waals surface area contributed by atoms with Gasteiger partial charge in [0.25, 0.3) is 0 Å². The number of hydrogen-bond donors (Lipinski definition) is 3. The highest BCUT2D eigenvalue weighted by atomic mass is 16.3. The van der Waals surface area contributed by atoms with Gasteiger partial charge in [-0.15, -0.1) is 0 Å². The van der Waals surface area contributed by atoms with Gasteiger partial charge in [-0.25, -0.2) is 0 Å². The molecule has 0 saturated heterocycles. The van der Waals surface area contributed by atoms with Crippen LogP contribution in [0.3, 0.4) is 0 Å². The van der Waals surface area contributed by atoms with E-state index in [9.17, 15) is 9.59 Å². The molecule has 0 unspecified atom stereocenters. The van der Waals surface area contributed by atoms with Gasteiger partial charge >= 0.3 is 0 Å². The molecule has 3 N–H and O–H groups in total. The van der Waals surface area contributed by atoms with Crippen molar-refractivity contribution < 1.29 is 14.7 Å². The Labute approximate surface area is 102 Å². The number of rotatable bonds is 7. The first-order valence-corrected chi connectivity index (χ1v) is 6.30. The molecule has 0 atom stereocenters. The van der Waals surface area contributed by atoms with Crippen molar-refractivity contribution in [1.29, 1.82) is 0 Å². The van der Waals surface area contributed by atoms with Gasteiger partial charge in [-0.3, -0.25) is 9.59 Å². The monoisotopic (exact) mass is 242 g/mol. The molecular formula is C12H22N2O3. The lowest BCUT2D eigenvalue weighted by molar-refractivity contribution is -0.123. The van der Waals surface area contributed by atoms with Gasteiger partial charge in [0.15, 0.2) is 0 Å². The minimum absolute atomic E-state index is 0.00807. The average Bonchev–Trinajstić information content (AvgIpc) is 2.20. The van der Waals surface area contributed by atoms with Gasteiger partial charge < -0.3 is 15.7 Å². The molecule has 1 fully saturated rings. The molecule has 5 nitrogen and oxygen atoms in total. The Hall–Kier alpha value is -1.10. The molecule has 0 heterocycles. The Morgan fingerprint density at radius 1 is 1.24 bits per heavy atom. The lowest BCUT2D eigenvalue weighted by Crippen LogP contribution is -2.46. The number of unbranched alkanes of at least 4 members (excludes halogenated alkanes) is 2. The third kappa shape index (κ3) is 6.26. The highest BCUT2D eigenvalue weighted by molar-refractivity contribution is 5.76. The zero-order valence-corrected chi connectivity index (χ0v) is 10.4. The molecule has 17 heavy (non-hydrogen) atoms. The largest absolute Gasteiger partial charge is 0.393 e. The fourth-order valence-corrected chi connectivity index (χ4v) is 1.86. The number of amides is 2. The molecule has 0 radical (unpaired) electrons. The Morgan fingerprint density at radius 2 is 1.94 bits per heavy atom. The van der Waals surface area contributed by atoms with E-state index in [0.29, 0.717) is 25.8 Å². The minimum atomic E-state index is -0.224. The number of aliphatic hydroxyl groups is 1. The summed E-state index contributed by atoms with van der Waals surface area (Å²) in [5, 5.41) is 14.7. The van der Waals surface area contributed by atoms with Crippen molar-refractivity contribution in [2.24, 2.45) is 0 Å². The molecule has 1 aliphatic rings. The van der Waals surface area contributed by atoms with Gasteiger partial charge in [0.05, 0.1) is 6.10 Å². The van der Waals surface area contributed by atoms with E-state index in [0.717, 1.165) is 19.3 Å². The molecule has 0 aliphatic heterocycles. The topological polar surface area (TPSA) is 78.4 Å². The number of aliphatic hydroxyl groups excluding tert-OH is 1. The van der Waals surface area contributed by atoms with Crippen molar-refractivity contribution in [3.05, 3.63) is 0 Å². The first kappa shape index (κ1) is 14.0. The maximum Gasteiger partial charge on any atom is 0.220 e. The Balaban J connectivity index is 1.88. The summed E-state index contributed by atoms with van der Waals surface area (Å²) < 4.78 is 0. The van der Waals surface area contributed by atoms with Crippen LogP contribution in [-0.2, 0) is 9.59 Å². The van der Waals surface area contributed by atoms with Gasteiger partial charge in [-0.1, -0.05) is 6.42 Å². The highest BCUT2D eigenvalue weighted by Gasteiger charge is 2.27. The molecule has 1 rings (SSSR count). The summed E-state index contributed by atoms with van der Waals surface area (Å²) in [6.45, 7) is 2.19. The fourth-order valence-electron chi connectivity index (χ4n) is 1.86. The lowest BCUT2D eigenvalue weighted by Gasteiger charge is -2.31. The molecule has 98 valence electrons. The Morgan fingerprint density at radius 3 is 2.53 bits per heavy atom. The zero-order chi connectivity index (χ0) is 12.7. The van der Waals surface area contributed by atoms with E-state index >= 15 is 0 Å². The van der Waals surface area contributed by atoms with Gasteiger partial charge in [0, 0.05) is 25.9 Å². The normalized spacial score (nSPS) is 22.7. The maximum atomic E-state index is 11.4. The molecule has 0 spiro atoms. The van der Waals surface area contributed by atoms with E-state index in [1.165, 1.54) is 6.92 Å². The molecule has 5 heteroatoms. The SMILES string of the molecule is CC(=O)NCCCCCC(=O)NC1CC(O)C1. The van der Waals surface area contributed by atoms with Crippen molar-refractivity contribution in [3.8, 4) is 0 Å². The van der Waals surface area contributed by atoms with Crippen molar-refractivity contribution >= 4 is 11.8 Å². The van der Waals surface area contributed by atoms with Crippen molar-refractivity contribution in [2.75, 3.05) is 6.54 Å². The van der Waals surface area contributed by atoms with Gasteiger partial charge in [0.1, 0.15) is 0 Å². The minimum Gasteiger partial charge on any atom is -0.393 e. The van der Waals surface area contributed by atoms with Crippen LogP contribution in [0.25, 0.3) is 0 Å². The number of hydrogen-bond acceptors (Lipinski definition) is 3. The fraction of sp³-hybridized carbons (Fsp3) is 0.833.